The number of guanidine groups is 1. The molecule has 3 N–H and O–H groups in total. The second kappa shape index (κ2) is 11.1. The number of hydrogen-bond donors (Lipinski definition) is 3. The molecule has 1 amide bonds. The first-order valence-corrected chi connectivity index (χ1v) is 9.72. The van der Waals surface area contributed by atoms with Gasteiger partial charge in [0.15, 0.2) is 5.96 Å². The molecular weight excluding hydrogens is 482 g/mol. The average molecular weight is 510 g/mol. The smallest absolute Gasteiger partial charge is 0.251 e. The molecule has 156 valence electrons. The van der Waals surface area contributed by atoms with Crippen LogP contribution in [0.15, 0.2) is 53.5 Å². The Morgan fingerprint density at radius 3 is 2.72 bits per heavy atom. The number of aliphatic imine (C=N–C) groups is 1. The van der Waals surface area contributed by atoms with Crippen molar-refractivity contribution in [1.82, 2.24) is 16.0 Å². The summed E-state index contributed by atoms with van der Waals surface area (Å²) in [5.41, 5.74) is 2.48. The summed E-state index contributed by atoms with van der Waals surface area (Å²) in [5.74, 6) is 0.700. The maximum atomic E-state index is 13.9. The minimum absolute atomic E-state index is 0. The Kier molecular flexibility index (Phi) is 8.88. The molecule has 0 aliphatic heterocycles. The zero-order chi connectivity index (χ0) is 19.9. The van der Waals surface area contributed by atoms with E-state index < -0.39 is 0 Å². The molecule has 1 aliphatic carbocycles. The molecule has 0 spiro atoms. The van der Waals surface area contributed by atoms with Crippen LogP contribution in [-0.4, -0.2) is 38.0 Å². The van der Waals surface area contributed by atoms with Crippen molar-refractivity contribution in [3.63, 3.8) is 0 Å². The third kappa shape index (κ3) is 6.42. The first kappa shape index (κ1) is 23.1. The number of carbonyl (C=O) groups is 1. The van der Waals surface area contributed by atoms with E-state index >= 15 is 0 Å². The molecular formula is C22H28FIN4O. The fourth-order valence-corrected chi connectivity index (χ4v) is 3.28. The van der Waals surface area contributed by atoms with Gasteiger partial charge in [-0.25, -0.2) is 4.39 Å². The summed E-state index contributed by atoms with van der Waals surface area (Å²) >= 11 is 0. The van der Waals surface area contributed by atoms with Gasteiger partial charge in [0.2, 0.25) is 0 Å². The number of hydrogen-bond acceptors (Lipinski definition) is 2. The van der Waals surface area contributed by atoms with Crippen LogP contribution in [0.5, 0.6) is 0 Å². The van der Waals surface area contributed by atoms with Gasteiger partial charge in [-0.2, -0.15) is 0 Å². The van der Waals surface area contributed by atoms with Gasteiger partial charge in [-0.3, -0.25) is 9.79 Å². The zero-order valence-corrected chi connectivity index (χ0v) is 19.1. The first-order valence-electron chi connectivity index (χ1n) is 9.72. The Morgan fingerprint density at radius 1 is 1.21 bits per heavy atom. The minimum atomic E-state index is -0.144. The Labute approximate surface area is 188 Å². The molecule has 2 unspecified atom stereocenters. The standard InChI is InChI=1S/C22H27FN4O.HI/c1-3-25-22(27-20-14-18(20)17-9-4-5-10-19(17)23)26-12-11-15-7-6-8-16(13-15)21(28)24-2;/h4-10,13,18,20H,3,11-12,14H2,1-2H3,(H,24,28)(H2,25,26,27);1H. The molecule has 2 atom stereocenters. The Balaban J connectivity index is 0.00000300. The molecule has 0 heterocycles. The van der Waals surface area contributed by atoms with Crippen LogP contribution in [0.25, 0.3) is 0 Å². The Hall–Kier alpha value is -2.16. The number of nitrogens with one attached hydrogen (secondary N) is 3. The van der Waals surface area contributed by atoms with Crippen molar-refractivity contribution in [1.29, 1.82) is 0 Å². The fraction of sp³-hybridized carbons (Fsp3) is 0.364. The van der Waals surface area contributed by atoms with Gasteiger partial charge in [0.25, 0.3) is 5.91 Å². The van der Waals surface area contributed by atoms with Crippen molar-refractivity contribution in [3.05, 3.63) is 71.0 Å². The lowest BCUT2D eigenvalue weighted by Gasteiger charge is -2.11. The maximum absolute atomic E-state index is 13.9. The van der Waals surface area contributed by atoms with Gasteiger partial charge in [-0.05, 0) is 49.1 Å². The van der Waals surface area contributed by atoms with Crippen LogP contribution < -0.4 is 16.0 Å². The van der Waals surface area contributed by atoms with E-state index in [1.54, 1.807) is 19.2 Å². The van der Waals surface area contributed by atoms with E-state index in [2.05, 4.69) is 20.9 Å². The highest BCUT2D eigenvalue weighted by atomic mass is 127. The SMILES string of the molecule is CCNC(=NCCc1cccc(C(=O)NC)c1)NC1CC1c1ccccc1F.I. The highest BCUT2D eigenvalue weighted by molar-refractivity contribution is 14.0. The zero-order valence-electron chi connectivity index (χ0n) is 16.7. The molecule has 1 fully saturated rings. The van der Waals surface area contributed by atoms with Crippen LogP contribution in [0.2, 0.25) is 0 Å². The first-order chi connectivity index (χ1) is 13.6. The van der Waals surface area contributed by atoms with Crippen LogP contribution in [0.4, 0.5) is 4.39 Å². The van der Waals surface area contributed by atoms with Crippen molar-refractivity contribution in [2.75, 3.05) is 20.1 Å². The average Bonchev–Trinajstić information content (AvgIpc) is 3.47. The number of nitrogens with zero attached hydrogens (tertiary/aromatic N) is 1. The molecule has 0 saturated heterocycles. The minimum Gasteiger partial charge on any atom is -0.357 e. The predicted molar refractivity (Wildman–Crippen MR) is 126 cm³/mol. The van der Waals surface area contributed by atoms with E-state index in [9.17, 15) is 9.18 Å². The van der Waals surface area contributed by atoms with Gasteiger partial charge in [0.05, 0.1) is 0 Å². The highest BCUT2D eigenvalue weighted by Crippen LogP contribution is 2.41. The number of carbonyl (C=O) groups excluding carboxylic acids is 1. The van der Waals surface area contributed by atoms with E-state index in [4.69, 9.17) is 0 Å². The molecule has 2 aromatic rings. The van der Waals surface area contributed by atoms with Crippen LogP contribution >= 0.6 is 24.0 Å². The molecule has 1 aliphatic rings. The lowest BCUT2D eigenvalue weighted by atomic mass is 10.1. The monoisotopic (exact) mass is 510 g/mol. The quantitative estimate of drug-likeness (QED) is 0.304. The van der Waals surface area contributed by atoms with Gasteiger partial charge in [-0.15, -0.1) is 24.0 Å². The third-order valence-corrected chi connectivity index (χ3v) is 4.85. The van der Waals surface area contributed by atoms with Crippen molar-refractivity contribution in [2.24, 2.45) is 4.99 Å². The summed E-state index contributed by atoms with van der Waals surface area (Å²) in [6.45, 7) is 3.38. The molecule has 0 aromatic heterocycles. The number of benzene rings is 2. The summed E-state index contributed by atoms with van der Waals surface area (Å²) in [5, 5.41) is 9.28. The Bertz CT molecular complexity index is 858. The highest BCUT2D eigenvalue weighted by Gasteiger charge is 2.40. The van der Waals surface area contributed by atoms with Gasteiger partial charge in [0.1, 0.15) is 5.82 Å². The van der Waals surface area contributed by atoms with E-state index in [1.807, 2.05) is 37.3 Å². The lowest BCUT2D eigenvalue weighted by molar-refractivity contribution is 0.0963. The van der Waals surface area contributed by atoms with Crippen LogP contribution in [0.3, 0.4) is 0 Å². The summed E-state index contributed by atoms with van der Waals surface area (Å²) in [6.07, 6.45) is 1.64. The third-order valence-electron chi connectivity index (χ3n) is 4.85. The van der Waals surface area contributed by atoms with Gasteiger partial charge >= 0.3 is 0 Å². The van der Waals surface area contributed by atoms with Crippen molar-refractivity contribution >= 4 is 35.8 Å². The molecule has 2 aromatic carbocycles. The molecule has 29 heavy (non-hydrogen) atoms. The topological polar surface area (TPSA) is 65.5 Å². The molecule has 0 bridgehead atoms. The summed E-state index contributed by atoms with van der Waals surface area (Å²) in [7, 11) is 1.63. The van der Waals surface area contributed by atoms with E-state index in [-0.39, 0.29) is 47.7 Å². The number of amides is 1. The lowest BCUT2D eigenvalue weighted by Crippen LogP contribution is -2.39. The summed E-state index contributed by atoms with van der Waals surface area (Å²) in [4.78, 5) is 16.4. The van der Waals surface area contributed by atoms with Crippen LogP contribution in [0.1, 0.15) is 40.7 Å². The molecule has 5 nitrogen and oxygen atoms in total. The molecule has 1 saturated carbocycles. The van der Waals surface area contributed by atoms with Crippen molar-refractivity contribution < 1.29 is 9.18 Å². The van der Waals surface area contributed by atoms with Crippen LogP contribution in [0, 0.1) is 5.82 Å². The molecule has 0 radical (unpaired) electrons. The molecule has 7 heteroatoms. The van der Waals surface area contributed by atoms with Gasteiger partial charge in [0, 0.05) is 37.7 Å². The number of halogens is 2. The number of rotatable bonds is 7. The summed E-state index contributed by atoms with van der Waals surface area (Å²) in [6, 6.07) is 14.7. The predicted octanol–water partition coefficient (Wildman–Crippen LogP) is 3.46. The van der Waals surface area contributed by atoms with Crippen molar-refractivity contribution in [2.45, 2.75) is 31.7 Å². The van der Waals surface area contributed by atoms with E-state index in [0.717, 1.165) is 36.5 Å². The fourth-order valence-electron chi connectivity index (χ4n) is 3.28. The van der Waals surface area contributed by atoms with Crippen molar-refractivity contribution in [3.8, 4) is 0 Å². The Morgan fingerprint density at radius 2 is 2.00 bits per heavy atom. The summed E-state index contributed by atoms with van der Waals surface area (Å²) < 4.78 is 13.9. The van der Waals surface area contributed by atoms with E-state index in [0.29, 0.717) is 12.1 Å². The normalized spacial score (nSPS) is 17.8. The largest absolute Gasteiger partial charge is 0.357 e. The van der Waals surface area contributed by atoms with Gasteiger partial charge in [-0.1, -0.05) is 30.3 Å². The second-order valence-electron chi connectivity index (χ2n) is 6.90. The maximum Gasteiger partial charge on any atom is 0.251 e. The second-order valence-corrected chi connectivity index (χ2v) is 6.90. The van der Waals surface area contributed by atoms with Crippen LogP contribution in [-0.2, 0) is 6.42 Å². The molecule has 3 rings (SSSR count). The van der Waals surface area contributed by atoms with Gasteiger partial charge < -0.3 is 16.0 Å². The van der Waals surface area contributed by atoms with E-state index in [1.165, 1.54) is 6.07 Å².